The first-order valence-electron chi connectivity index (χ1n) is 9.78. The second-order valence-electron chi connectivity index (χ2n) is 6.90. The Balaban J connectivity index is 0.00000312. The summed E-state index contributed by atoms with van der Waals surface area (Å²) in [5.41, 5.74) is 0. The van der Waals surface area contributed by atoms with Crippen LogP contribution >= 0.6 is 24.0 Å². The molecule has 0 radical (unpaired) electrons. The standard InChI is InChI=1S/C18H35N5O.HI/c1-3-10-22-13-8-16(9-14-22)21-18(19-4-2)20-15-17(24)23-11-6-5-7-12-23;/h16H,3-15H2,1-2H3,(H2,19,20,21);1H. The molecule has 0 aromatic rings. The summed E-state index contributed by atoms with van der Waals surface area (Å²) >= 11 is 0. The largest absolute Gasteiger partial charge is 0.357 e. The lowest BCUT2D eigenvalue weighted by Gasteiger charge is -2.33. The lowest BCUT2D eigenvalue weighted by Crippen LogP contribution is -2.49. The number of carbonyl (C=O) groups excluding carboxylic acids is 1. The molecule has 0 bridgehead atoms. The number of halogens is 1. The van der Waals surface area contributed by atoms with Crippen molar-refractivity contribution < 1.29 is 4.79 Å². The van der Waals surface area contributed by atoms with Crippen LogP contribution in [0.1, 0.15) is 52.4 Å². The normalized spacial score (nSPS) is 20.1. The van der Waals surface area contributed by atoms with Crippen LogP contribution in [0.4, 0.5) is 0 Å². The van der Waals surface area contributed by atoms with Crippen molar-refractivity contribution in [2.45, 2.75) is 58.4 Å². The van der Waals surface area contributed by atoms with Crippen LogP contribution in [0.25, 0.3) is 0 Å². The Morgan fingerprint density at radius 2 is 1.76 bits per heavy atom. The Hall–Kier alpha value is -0.570. The molecular formula is C18H36IN5O. The molecule has 2 aliphatic rings. The summed E-state index contributed by atoms with van der Waals surface area (Å²) < 4.78 is 0. The van der Waals surface area contributed by atoms with E-state index >= 15 is 0 Å². The number of nitrogens with one attached hydrogen (secondary N) is 2. The number of amides is 1. The Morgan fingerprint density at radius 3 is 2.36 bits per heavy atom. The van der Waals surface area contributed by atoms with Crippen molar-refractivity contribution >= 4 is 35.8 Å². The van der Waals surface area contributed by atoms with Crippen molar-refractivity contribution in [1.82, 2.24) is 20.4 Å². The van der Waals surface area contributed by atoms with E-state index in [4.69, 9.17) is 0 Å². The minimum atomic E-state index is 0. The summed E-state index contributed by atoms with van der Waals surface area (Å²) in [4.78, 5) is 21.3. The minimum absolute atomic E-state index is 0. The lowest BCUT2D eigenvalue weighted by molar-refractivity contribution is -0.130. The molecule has 0 unspecified atom stereocenters. The smallest absolute Gasteiger partial charge is 0.244 e. The van der Waals surface area contributed by atoms with Gasteiger partial charge in [0.1, 0.15) is 6.54 Å². The van der Waals surface area contributed by atoms with Crippen LogP contribution in [-0.4, -0.2) is 73.5 Å². The molecule has 2 saturated heterocycles. The molecule has 2 heterocycles. The predicted octanol–water partition coefficient (Wildman–Crippen LogP) is 2.05. The van der Waals surface area contributed by atoms with Gasteiger partial charge in [-0.15, -0.1) is 24.0 Å². The summed E-state index contributed by atoms with van der Waals surface area (Å²) in [7, 11) is 0. The van der Waals surface area contributed by atoms with E-state index in [0.717, 1.165) is 64.4 Å². The average molecular weight is 465 g/mol. The summed E-state index contributed by atoms with van der Waals surface area (Å²) in [5, 5.41) is 6.80. The van der Waals surface area contributed by atoms with Gasteiger partial charge in [0.15, 0.2) is 5.96 Å². The van der Waals surface area contributed by atoms with E-state index in [-0.39, 0.29) is 36.4 Å². The molecule has 0 aromatic carbocycles. The Bertz CT molecular complexity index is 404. The molecule has 1 amide bonds. The molecule has 0 aromatic heterocycles. The fourth-order valence-electron chi connectivity index (χ4n) is 3.52. The summed E-state index contributed by atoms with van der Waals surface area (Å²) in [6.45, 7) is 10.7. The zero-order chi connectivity index (χ0) is 17.2. The van der Waals surface area contributed by atoms with E-state index in [1.165, 1.54) is 19.4 Å². The number of nitrogens with zero attached hydrogens (tertiary/aromatic N) is 3. The molecule has 7 heteroatoms. The number of rotatable bonds is 6. The topological polar surface area (TPSA) is 60.0 Å². The molecular weight excluding hydrogens is 429 g/mol. The number of carbonyl (C=O) groups is 1. The Morgan fingerprint density at radius 1 is 1.08 bits per heavy atom. The van der Waals surface area contributed by atoms with Crippen molar-refractivity contribution in [3.8, 4) is 0 Å². The van der Waals surface area contributed by atoms with Crippen LogP contribution in [0.5, 0.6) is 0 Å². The van der Waals surface area contributed by atoms with Crippen molar-refractivity contribution in [3.05, 3.63) is 0 Å². The highest BCUT2D eigenvalue weighted by Gasteiger charge is 2.20. The second kappa shape index (κ2) is 12.7. The number of guanidine groups is 1. The molecule has 2 aliphatic heterocycles. The van der Waals surface area contributed by atoms with E-state index < -0.39 is 0 Å². The second-order valence-corrected chi connectivity index (χ2v) is 6.90. The molecule has 0 aliphatic carbocycles. The van der Waals surface area contributed by atoms with E-state index in [2.05, 4.69) is 34.4 Å². The van der Waals surface area contributed by atoms with E-state index in [1.807, 2.05) is 4.90 Å². The zero-order valence-electron chi connectivity index (χ0n) is 15.9. The molecule has 0 spiro atoms. The fourth-order valence-corrected chi connectivity index (χ4v) is 3.52. The van der Waals surface area contributed by atoms with Gasteiger partial charge in [0.2, 0.25) is 5.91 Å². The fraction of sp³-hybridized carbons (Fsp3) is 0.889. The van der Waals surface area contributed by atoms with Crippen LogP contribution < -0.4 is 10.6 Å². The van der Waals surface area contributed by atoms with Crippen LogP contribution in [0.3, 0.4) is 0 Å². The van der Waals surface area contributed by atoms with Crippen LogP contribution in [-0.2, 0) is 4.79 Å². The zero-order valence-corrected chi connectivity index (χ0v) is 18.3. The van der Waals surface area contributed by atoms with Crippen molar-refractivity contribution in [3.63, 3.8) is 0 Å². The SMILES string of the molecule is CCCN1CCC(NC(=NCC(=O)N2CCCCC2)NCC)CC1.I. The third-order valence-electron chi connectivity index (χ3n) is 4.89. The number of likely N-dealkylation sites (tertiary alicyclic amines) is 2. The number of aliphatic imine (C=N–C) groups is 1. The van der Waals surface area contributed by atoms with E-state index in [9.17, 15) is 4.79 Å². The molecule has 146 valence electrons. The van der Waals surface area contributed by atoms with Gasteiger partial charge in [-0.1, -0.05) is 6.92 Å². The highest BCUT2D eigenvalue weighted by molar-refractivity contribution is 14.0. The first-order chi connectivity index (χ1) is 11.7. The van der Waals surface area contributed by atoms with Crippen LogP contribution in [0, 0.1) is 0 Å². The monoisotopic (exact) mass is 465 g/mol. The van der Waals surface area contributed by atoms with E-state index in [1.54, 1.807) is 0 Å². The number of piperidine rings is 2. The van der Waals surface area contributed by atoms with E-state index in [0.29, 0.717) is 6.04 Å². The van der Waals surface area contributed by atoms with Crippen molar-refractivity contribution in [2.24, 2.45) is 4.99 Å². The average Bonchev–Trinajstić information content (AvgIpc) is 2.62. The van der Waals surface area contributed by atoms with Gasteiger partial charge in [-0.2, -0.15) is 0 Å². The maximum atomic E-state index is 12.3. The molecule has 2 fully saturated rings. The van der Waals surface area contributed by atoms with Gasteiger partial charge in [-0.05, 0) is 52.0 Å². The summed E-state index contributed by atoms with van der Waals surface area (Å²) in [6.07, 6.45) is 7.01. The first-order valence-corrected chi connectivity index (χ1v) is 9.78. The highest BCUT2D eigenvalue weighted by atomic mass is 127. The molecule has 6 nitrogen and oxygen atoms in total. The van der Waals surface area contributed by atoms with Crippen molar-refractivity contribution in [2.75, 3.05) is 45.8 Å². The predicted molar refractivity (Wildman–Crippen MR) is 115 cm³/mol. The van der Waals surface area contributed by atoms with Crippen LogP contribution in [0.15, 0.2) is 4.99 Å². The Kier molecular flexibility index (Phi) is 11.4. The third kappa shape index (κ3) is 8.11. The Labute approximate surface area is 170 Å². The van der Waals surface area contributed by atoms with Crippen molar-refractivity contribution in [1.29, 1.82) is 0 Å². The number of hydrogen-bond acceptors (Lipinski definition) is 3. The van der Waals surface area contributed by atoms with Gasteiger partial charge < -0.3 is 20.4 Å². The quantitative estimate of drug-likeness (QED) is 0.358. The van der Waals surface area contributed by atoms with Gasteiger partial charge in [0, 0.05) is 38.8 Å². The first kappa shape index (κ1) is 22.5. The molecule has 0 saturated carbocycles. The third-order valence-corrected chi connectivity index (χ3v) is 4.89. The number of hydrogen-bond donors (Lipinski definition) is 2. The lowest BCUT2D eigenvalue weighted by atomic mass is 10.1. The molecule has 2 rings (SSSR count). The van der Waals surface area contributed by atoms with Gasteiger partial charge in [0.05, 0.1) is 0 Å². The highest BCUT2D eigenvalue weighted by Crippen LogP contribution is 2.11. The molecule has 2 N–H and O–H groups in total. The maximum Gasteiger partial charge on any atom is 0.244 e. The minimum Gasteiger partial charge on any atom is -0.357 e. The maximum absolute atomic E-state index is 12.3. The van der Waals surface area contributed by atoms with Crippen LogP contribution in [0.2, 0.25) is 0 Å². The molecule has 25 heavy (non-hydrogen) atoms. The van der Waals surface area contributed by atoms with Gasteiger partial charge in [-0.3, -0.25) is 4.79 Å². The summed E-state index contributed by atoms with van der Waals surface area (Å²) in [6, 6.07) is 0.459. The van der Waals surface area contributed by atoms with Gasteiger partial charge in [-0.25, -0.2) is 4.99 Å². The van der Waals surface area contributed by atoms with Gasteiger partial charge in [0.25, 0.3) is 0 Å². The summed E-state index contributed by atoms with van der Waals surface area (Å²) in [5.74, 6) is 0.946. The van der Waals surface area contributed by atoms with Gasteiger partial charge >= 0.3 is 0 Å². The molecule has 0 atom stereocenters.